The van der Waals surface area contributed by atoms with Crippen molar-refractivity contribution < 1.29 is 4.74 Å². The first-order valence-electron chi connectivity index (χ1n) is 9.10. The second kappa shape index (κ2) is 8.65. The quantitative estimate of drug-likeness (QED) is 0.633. The number of nitrogens with one attached hydrogen (secondary N) is 2. The van der Waals surface area contributed by atoms with Crippen molar-refractivity contribution in [2.75, 3.05) is 26.0 Å². The van der Waals surface area contributed by atoms with Gasteiger partial charge >= 0.3 is 0 Å². The molecule has 1 aromatic carbocycles. The van der Waals surface area contributed by atoms with Gasteiger partial charge in [0.15, 0.2) is 5.96 Å². The predicted molar refractivity (Wildman–Crippen MR) is 103 cm³/mol. The molecule has 0 amide bonds. The molecular formula is C19H29N3OS. The zero-order chi connectivity index (χ0) is 16.8. The van der Waals surface area contributed by atoms with Gasteiger partial charge in [-0.25, -0.2) is 0 Å². The molecular weight excluding hydrogens is 318 g/mol. The van der Waals surface area contributed by atoms with Crippen LogP contribution in [-0.2, 0) is 0 Å². The normalized spacial score (nSPS) is 26.6. The minimum Gasteiger partial charge on any atom is -0.493 e. The molecule has 24 heavy (non-hydrogen) atoms. The lowest BCUT2D eigenvalue weighted by molar-refractivity contribution is 0.267. The highest BCUT2D eigenvalue weighted by Crippen LogP contribution is 2.33. The minimum absolute atomic E-state index is 0.487. The maximum Gasteiger partial charge on any atom is 0.191 e. The van der Waals surface area contributed by atoms with Crippen LogP contribution in [0.5, 0.6) is 5.75 Å². The fourth-order valence-electron chi connectivity index (χ4n) is 3.69. The van der Waals surface area contributed by atoms with E-state index in [1.165, 1.54) is 30.6 Å². The monoisotopic (exact) mass is 347 g/mol. The number of fused-ring (bicyclic) bond motifs is 1. The second-order valence-corrected chi connectivity index (χ2v) is 8.13. The largest absolute Gasteiger partial charge is 0.493 e. The van der Waals surface area contributed by atoms with Crippen LogP contribution in [0, 0.1) is 0 Å². The van der Waals surface area contributed by atoms with E-state index in [9.17, 15) is 0 Å². The van der Waals surface area contributed by atoms with E-state index < -0.39 is 0 Å². The summed E-state index contributed by atoms with van der Waals surface area (Å²) in [7, 11) is 1.86. The van der Waals surface area contributed by atoms with Crippen LogP contribution in [0.4, 0.5) is 0 Å². The molecule has 1 aromatic rings. The number of ether oxygens (including phenoxy) is 1. The Bertz CT molecular complexity index is 563. The van der Waals surface area contributed by atoms with E-state index in [1.54, 1.807) is 0 Å². The van der Waals surface area contributed by atoms with E-state index in [4.69, 9.17) is 4.74 Å². The van der Waals surface area contributed by atoms with Gasteiger partial charge < -0.3 is 15.4 Å². The fraction of sp³-hybridized carbons (Fsp3) is 0.632. The van der Waals surface area contributed by atoms with Crippen molar-refractivity contribution in [3.8, 4) is 5.75 Å². The third kappa shape index (κ3) is 4.38. The Kier molecular flexibility index (Phi) is 6.30. The summed E-state index contributed by atoms with van der Waals surface area (Å²) in [4.78, 5) is 4.42. The number of thioether (sulfide) groups is 1. The number of benzene rings is 1. The predicted octanol–water partition coefficient (Wildman–Crippen LogP) is 3.39. The first-order chi connectivity index (χ1) is 11.8. The third-order valence-electron chi connectivity index (χ3n) is 4.95. The van der Waals surface area contributed by atoms with Gasteiger partial charge in [0.2, 0.25) is 0 Å². The van der Waals surface area contributed by atoms with Crippen molar-refractivity contribution in [1.82, 2.24) is 10.6 Å². The molecule has 1 aliphatic heterocycles. The number of guanidine groups is 1. The third-order valence-corrected chi connectivity index (χ3v) is 6.18. The van der Waals surface area contributed by atoms with Gasteiger partial charge in [-0.2, -0.15) is 11.8 Å². The molecule has 0 bridgehead atoms. The van der Waals surface area contributed by atoms with E-state index in [-0.39, 0.29) is 0 Å². The van der Waals surface area contributed by atoms with Gasteiger partial charge in [0.05, 0.1) is 6.61 Å². The van der Waals surface area contributed by atoms with E-state index >= 15 is 0 Å². The summed E-state index contributed by atoms with van der Waals surface area (Å²) in [5.74, 6) is 3.67. The molecule has 1 saturated carbocycles. The van der Waals surface area contributed by atoms with Crippen LogP contribution >= 0.6 is 11.8 Å². The van der Waals surface area contributed by atoms with E-state index in [2.05, 4.69) is 52.5 Å². The molecule has 0 spiro atoms. The van der Waals surface area contributed by atoms with Crippen LogP contribution in [0.1, 0.15) is 44.1 Å². The first-order valence-corrected chi connectivity index (χ1v) is 10.2. The summed E-state index contributed by atoms with van der Waals surface area (Å²) in [5.41, 5.74) is 1.31. The number of hydrogen-bond acceptors (Lipinski definition) is 3. The van der Waals surface area contributed by atoms with Crippen LogP contribution < -0.4 is 15.4 Å². The minimum atomic E-state index is 0.487. The molecule has 1 fully saturated rings. The summed E-state index contributed by atoms with van der Waals surface area (Å²) < 4.78 is 5.75. The highest BCUT2D eigenvalue weighted by Gasteiger charge is 2.26. The van der Waals surface area contributed by atoms with E-state index in [1.807, 2.05) is 13.1 Å². The Hall–Kier alpha value is -1.36. The molecule has 3 rings (SSSR count). The summed E-state index contributed by atoms with van der Waals surface area (Å²) in [5, 5.41) is 7.96. The number of aliphatic imine (C=N–C) groups is 1. The van der Waals surface area contributed by atoms with Gasteiger partial charge in [-0.3, -0.25) is 4.99 Å². The topological polar surface area (TPSA) is 45.7 Å². The van der Waals surface area contributed by atoms with Gasteiger partial charge in [-0.1, -0.05) is 25.1 Å². The zero-order valence-corrected chi connectivity index (χ0v) is 15.6. The average Bonchev–Trinajstić information content (AvgIpc) is 3.06. The first kappa shape index (κ1) is 17.5. The maximum absolute atomic E-state index is 5.75. The molecule has 0 saturated heterocycles. The summed E-state index contributed by atoms with van der Waals surface area (Å²) >= 11 is 2.09. The Balaban J connectivity index is 1.51. The lowest BCUT2D eigenvalue weighted by atomic mass is 9.93. The molecule has 1 heterocycles. The van der Waals surface area contributed by atoms with Crippen LogP contribution in [0.2, 0.25) is 0 Å². The standard InChI is InChI=1S/C19H29N3OS/c1-3-24-16-9-8-15(12-16)22-19(20-2)21-13-14-10-11-23-18-7-5-4-6-17(14)18/h4-7,14-16H,3,8-13H2,1-2H3,(H2,20,21,22). The summed E-state index contributed by atoms with van der Waals surface area (Å²) in [6, 6.07) is 8.94. The average molecular weight is 348 g/mol. The van der Waals surface area contributed by atoms with Gasteiger partial charge in [-0.05, 0) is 43.1 Å². The molecule has 1 aliphatic carbocycles. The van der Waals surface area contributed by atoms with Crippen molar-refractivity contribution in [2.24, 2.45) is 4.99 Å². The number of rotatable bonds is 5. The highest BCUT2D eigenvalue weighted by molar-refractivity contribution is 7.99. The van der Waals surface area contributed by atoms with Gasteiger partial charge in [0.1, 0.15) is 5.75 Å². The maximum atomic E-state index is 5.75. The number of para-hydroxylation sites is 1. The second-order valence-electron chi connectivity index (χ2n) is 6.56. The van der Waals surface area contributed by atoms with Gasteiger partial charge in [-0.15, -0.1) is 0 Å². The van der Waals surface area contributed by atoms with Gasteiger partial charge in [0, 0.05) is 30.8 Å². The zero-order valence-electron chi connectivity index (χ0n) is 14.8. The van der Waals surface area contributed by atoms with Gasteiger partial charge in [0.25, 0.3) is 0 Å². The lowest BCUT2D eigenvalue weighted by Crippen LogP contribution is -2.44. The van der Waals surface area contributed by atoms with Crippen molar-refractivity contribution in [3.05, 3.63) is 29.8 Å². The molecule has 3 unspecified atom stereocenters. The number of nitrogens with zero attached hydrogens (tertiary/aromatic N) is 1. The molecule has 5 heteroatoms. The van der Waals surface area contributed by atoms with Crippen LogP contribution in [0.3, 0.4) is 0 Å². The smallest absolute Gasteiger partial charge is 0.191 e. The van der Waals surface area contributed by atoms with Crippen LogP contribution in [0.15, 0.2) is 29.3 Å². The van der Waals surface area contributed by atoms with E-state index in [0.717, 1.165) is 36.5 Å². The Morgan fingerprint density at radius 1 is 1.29 bits per heavy atom. The summed E-state index contributed by atoms with van der Waals surface area (Å²) in [6.07, 6.45) is 4.87. The lowest BCUT2D eigenvalue weighted by Gasteiger charge is -2.27. The Labute approximate surface area is 149 Å². The van der Waals surface area contributed by atoms with Crippen molar-refractivity contribution in [2.45, 2.75) is 49.8 Å². The molecule has 2 aliphatic rings. The SMILES string of the molecule is CCSC1CCC(NC(=NC)NCC2CCOc3ccccc32)C1. The molecule has 132 valence electrons. The van der Waals surface area contributed by atoms with E-state index in [0.29, 0.717) is 12.0 Å². The number of hydrogen-bond donors (Lipinski definition) is 2. The van der Waals surface area contributed by atoms with Crippen molar-refractivity contribution in [3.63, 3.8) is 0 Å². The van der Waals surface area contributed by atoms with Crippen molar-refractivity contribution >= 4 is 17.7 Å². The van der Waals surface area contributed by atoms with Crippen LogP contribution in [0.25, 0.3) is 0 Å². The highest BCUT2D eigenvalue weighted by atomic mass is 32.2. The molecule has 0 radical (unpaired) electrons. The van der Waals surface area contributed by atoms with Crippen LogP contribution in [-0.4, -0.2) is 43.2 Å². The molecule has 0 aromatic heterocycles. The Morgan fingerprint density at radius 3 is 3.00 bits per heavy atom. The Morgan fingerprint density at radius 2 is 2.17 bits per heavy atom. The fourth-order valence-corrected chi connectivity index (χ4v) is 4.84. The summed E-state index contributed by atoms with van der Waals surface area (Å²) in [6.45, 7) is 3.95. The van der Waals surface area contributed by atoms with Crippen molar-refractivity contribution in [1.29, 1.82) is 0 Å². The molecule has 4 nitrogen and oxygen atoms in total. The molecule has 2 N–H and O–H groups in total. The molecule has 3 atom stereocenters.